The molecule has 0 aromatic heterocycles. The van der Waals surface area contributed by atoms with Gasteiger partial charge in [-0.25, -0.2) is 4.79 Å². The zero-order valence-electron chi connectivity index (χ0n) is 10.5. The number of anilines is 1. The van der Waals surface area contributed by atoms with Crippen molar-refractivity contribution >= 4 is 28.5 Å². The monoisotopic (exact) mass is 284 g/mol. The molecule has 0 saturated carbocycles. The number of carbonyl (C=O) groups excluding carboxylic acids is 1. The number of carbonyl (C=O) groups is 2. The molecule has 104 valence electrons. The van der Waals surface area contributed by atoms with Crippen LogP contribution in [0.25, 0.3) is 0 Å². The maximum atomic E-state index is 11.4. The van der Waals surface area contributed by atoms with Gasteiger partial charge in [0.25, 0.3) is 0 Å². The lowest BCUT2D eigenvalue weighted by molar-refractivity contribution is -0.136. The molecule has 0 heterocycles. The van der Waals surface area contributed by atoms with Crippen molar-refractivity contribution in [2.45, 2.75) is 6.42 Å². The average Bonchev–Trinajstić information content (AvgIpc) is 2.30. The molecule has 2 amide bonds. The molecule has 0 aliphatic heterocycles. The Bertz CT molecular complexity index is 473. The summed E-state index contributed by atoms with van der Waals surface area (Å²) in [5.41, 5.74) is 1.24. The van der Waals surface area contributed by atoms with E-state index in [9.17, 15) is 13.8 Å². The highest BCUT2D eigenvalue weighted by Crippen LogP contribution is 2.09. The van der Waals surface area contributed by atoms with Crippen molar-refractivity contribution in [3.05, 3.63) is 29.8 Å². The van der Waals surface area contributed by atoms with Crippen LogP contribution in [-0.2, 0) is 22.0 Å². The topological polar surface area (TPSA) is 95.5 Å². The minimum atomic E-state index is -0.935. The van der Waals surface area contributed by atoms with Crippen molar-refractivity contribution in [1.29, 1.82) is 0 Å². The number of amides is 2. The van der Waals surface area contributed by atoms with Crippen LogP contribution in [0.4, 0.5) is 10.5 Å². The summed E-state index contributed by atoms with van der Waals surface area (Å²) >= 11 is 0. The van der Waals surface area contributed by atoms with Crippen LogP contribution >= 0.6 is 0 Å². The van der Waals surface area contributed by atoms with Gasteiger partial charge in [-0.1, -0.05) is 12.1 Å². The largest absolute Gasteiger partial charge is 0.481 e. The Morgan fingerprint density at radius 2 is 1.89 bits per heavy atom. The van der Waals surface area contributed by atoms with Crippen LogP contribution in [0.1, 0.15) is 5.56 Å². The summed E-state index contributed by atoms with van der Waals surface area (Å²) in [6.45, 7) is 0.339. The number of nitrogens with one attached hydrogen (secondary N) is 2. The number of urea groups is 1. The minimum Gasteiger partial charge on any atom is -0.481 e. The number of rotatable bonds is 6. The first-order valence-corrected chi connectivity index (χ1v) is 7.35. The number of hydrogen-bond acceptors (Lipinski definition) is 3. The zero-order chi connectivity index (χ0) is 14.3. The smallest absolute Gasteiger partial charge is 0.319 e. The molecule has 1 aromatic carbocycles. The first-order valence-electron chi connectivity index (χ1n) is 5.63. The van der Waals surface area contributed by atoms with Crippen LogP contribution in [0.15, 0.2) is 24.3 Å². The highest BCUT2D eigenvalue weighted by Gasteiger charge is 2.03. The zero-order valence-corrected chi connectivity index (χ0v) is 11.3. The quantitative estimate of drug-likeness (QED) is 0.720. The molecule has 0 aliphatic rings. The molecule has 3 N–H and O–H groups in total. The second kappa shape index (κ2) is 7.52. The highest BCUT2D eigenvalue weighted by molar-refractivity contribution is 7.84. The standard InChI is InChI=1S/C12H16N2O4S/c1-19(18)7-6-13-12(17)14-10-4-2-9(3-5-10)8-11(15)16/h2-5H,6-8H2,1H3,(H,15,16)(H2,13,14,17). The van der Waals surface area contributed by atoms with E-state index in [-0.39, 0.29) is 12.5 Å². The predicted molar refractivity (Wildman–Crippen MR) is 73.7 cm³/mol. The van der Waals surface area contributed by atoms with Crippen LogP contribution in [0.2, 0.25) is 0 Å². The molecule has 0 radical (unpaired) electrons. The molecule has 1 aromatic rings. The van der Waals surface area contributed by atoms with Gasteiger partial charge in [-0.2, -0.15) is 0 Å². The van der Waals surface area contributed by atoms with E-state index in [4.69, 9.17) is 5.11 Å². The fraction of sp³-hybridized carbons (Fsp3) is 0.333. The lowest BCUT2D eigenvalue weighted by Crippen LogP contribution is -2.31. The van der Waals surface area contributed by atoms with Gasteiger partial charge in [0.2, 0.25) is 0 Å². The summed E-state index contributed by atoms with van der Waals surface area (Å²) in [4.78, 5) is 21.9. The van der Waals surface area contributed by atoms with E-state index in [1.165, 1.54) is 0 Å². The van der Waals surface area contributed by atoms with Crippen LogP contribution in [0.5, 0.6) is 0 Å². The van der Waals surface area contributed by atoms with Gasteiger partial charge in [0.15, 0.2) is 0 Å². The second-order valence-electron chi connectivity index (χ2n) is 3.93. The molecule has 1 unspecified atom stereocenters. The molecule has 0 saturated heterocycles. The third-order valence-electron chi connectivity index (χ3n) is 2.24. The highest BCUT2D eigenvalue weighted by atomic mass is 32.2. The van der Waals surface area contributed by atoms with Crippen LogP contribution in [-0.4, -0.2) is 39.9 Å². The molecule has 1 rings (SSSR count). The van der Waals surface area contributed by atoms with Crippen LogP contribution < -0.4 is 10.6 Å². The molecule has 0 fully saturated rings. The van der Waals surface area contributed by atoms with Gasteiger partial charge >= 0.3 is 12.0 Å². The molecule has 7 heteroatoms. The molecule has 1 atom stereocenters. The summed E-state index contributed by atoms with van der Waals surface area (Å²) in [5, 5.41) is 13.8. The van der Waals surface area contributed by atoms with Crippen molar-refractivity contribution < 1.29 is 18.9 Å². The normalized spacial score (nSPS) is 11.6. The molecule has 19 heavy (non-hydrogen) atoms. The van der Waals surface area contributed by atoms with Crippen molar-refractivity contribution in [2.24, 2.45) is 0 Å². The second-order valence-corrected chi connectivity index (χ2v) is 5.48. The van der Waals surface area contributed by atoms with E-state index < -0.39 is 16.8 Å². The fourth-order valence-corrected chi connectivity index (χ4v) is 1.75. The summed E-state index contributed by atoms with van der Waals surface area (Å²) in [5.74, 6) is -0.489. The SMILES string of the molecule is CS(=O)CCNC(=O)Nc1ccc(CC(=O)O)cc1. The Hall–Kier alpha value is -1.89. The molecule has 6 nitrogen and oxygen atoms in total. The molecule has 0 bridgehead atoms. The van der Waals surface area contributed by atoms with Crippen molar-refractivity contribution in [3.8, 4) is 0 Å². The van der Waals surface area contributed by atoms with Crippen molar-refractivity contribution in [3.63, 3.8) is 0 Å². The van der Waals surface area contributed by atoms with Gasteiger partial charge in [0.05, 0.1) is 6.42 Å². The van der Waals surface area contributed by atoms with E-state index in [0.717, 1.165) is 0 Å². The number of carboxylic acids is 1. The predicted octanol–water partition coefficient (Wildman–Crippen LogP) is 0.814. The van der Waals surface area contributed by atoms with E-state index in [2.05, 4.69) is 10.6 Å². The van der Waals surface area contributed by atoms with Crippen molar-refractivity contribution in [1.82, 2.24) is 5.32 Å². The Morgan fingerprint density at radius 1 is 1.26 bits per heavy atom. The Balaban J connectivity index is 2.42. The Kier molecular flexibility index (Phi) is 6.01. The third kappa shape index (κ3) is 6.56. The fourth-order valence-electron chi connectivity index (χ4n) is 1.36. The first kappa shape index (κ1) is 15.2. The van der Waals surface area contributed by atoms with Gasteiger partial charge in [-0.15, -0.1) is 0 Å². The van der Waals surface area contributed by atoms with Gasteiger partial charge in [-0.05, 0) is 17.7 Å². The van der Waals surface area contributed by atoms with Gasteiger partial charge in [0, 0.05) is 35.0 Å². The van der Waals surface area contributed by atoms with E-state index >= 15 is 0 Å². The van der Waals surface area contributed by atoms with Gasteiger partial charge < -0.3 is 15.7 Å². The van der Waals surface area contributed by atoms with E-state index in [1.54, 1.807) is 30.5 Å². The van der Waals surface area contributed by atoms with Gasteiger partial charge in [-0.3, -0.25) is 9.00 Å². The maximum Gasteiger partial charge on any atom is 0.319 e. The maximum absolute atomic E-state index is 11.4. The summed E-state index contributed by atoms with van der Waals surface area (Å²) in [6, 6.07) is 6.18. The number of carboxylic acid groups (broad SMARTS) is 1. The molecular weight excluding hydrogens is 268 g/mol. The first-order chi connectivity index (χ1) is 8.97. The van der Waals surface area contributed by atoms with Gasteiger partial charge in [0.1, 0.15) is 0 Å². The third-order valence-corrected chi connectivity index (χ3v) is 3.02. The number of hydrogen-bond donors (Lipinski definition) is 3. The molecular formula is C12H16N2O4S. The summed E-state index contributed by atoms with van der Waals surface area (Å²) in [6.07, 6.45) is 1.52. The lowest BCUT2D eigenvalue weighted by Gasteiger charge is -2.07. The Labute approximate surface area is 113 Å². The van der Waals surface area contributed by atoms with E-state index in [0.29, 0.717) is 23.5 Å². The molecule has 0 aliphatic carbocycles. The van der Waals surface area contributed by atoms with E-state index in [1.807, 2.05) is 0 Å². The number of benzene rings is 1. The minimum absolute atomic E-state index is 0.0468. The lowest BCUT2D eigenvalue weighted by atomic mass is 10.1. The molecule has 0 spiro atoms. The summed E-state index contributed by atoms with van der Waals surface area (Å²) in [7, 11) is -0.935. The number of aliphatic carboxylic acids is 1. The van der Waals surface area contributed by atoms with Crippen molar-refractivity contribution in [2.75, 3.05) is 23.9 Å². The summed E-state index contributed by atoms with van der Waals surface area (Å²) < 4.78 is 10.8. The Morgan fingerprint density at radius 3 is 2.42 bits per heavy atom. The van der Waals surface area contributed by atoms with Crippen LogP contribution in [0.3, 0.4) is 0 Å². The average molecular weight is 284 g/mol. The van der Waals surface area contributed by atoms with Crippen LogP contribution in [0, 0.1) is 0 Å².